The maximum atomic E-state index is 11.1. The lowest BCUT2D eigenvalue weighted by atomic mass is 10.3. The molecule has 0 rings (SSSR count). The molecule has 0 radical (unpaired) electrons. The normalized spacial score (nSPS) is 11.9. The highest BCUT2D eigenvalue weighted by molar-refractivity contribution is 5.86. The fraction of sp³-hybridized carbons (Fsp3) is 0.778. The molecule has 0 aliphatic carbocycles. The Morgan fingerprint density at radius 3 is 2.50 bits per heavy atom. The number of nitrogens with one attached hydrogen (secondary N) is 2. The second-order valence-corrected chi connectivity index (χ2v) is 2.95. The topological polar surface area (TPSA) is 67.4 Å². The third kappa shape index (κ3) is 5.53. The zero-order valence-electron chi connectivity index (χ0n) is 8.92. The van der Waals surface area contributed by atoms with E-state index < -0.39 is 6.10 Å². The van der Waals surface area contributed by atoms with Crippen molar-refractivity contribution in [3.8, 4) is 0 Å². The van der Waals surface area contributed by atoms with Gasteiger partial charge in [-0.2, -0.15) is 0 Å². The van der Waals surface area contributed by atoms with E-state index in [0.717, 1.165) is 6.42 Å². The highest BCUT2D eigenvalue weighted by Crippen LogP contribution is 1.85. The molecule has 0 saturated heterocycles. The lowest BCUT2D eigenvalue weighted by molar-refractivity contribution is -0.132. The Labute approximate surface area is 84.2 Å². The van der Waals surface area contributed by atoms with Gasteiger partial charge < -0.3 is 15.4 Å². The Kier molecular flexibility index (Phi) is 6.74. The second kappa shape index (κ2) is 7.32. The van der Waals surface area contributed by atoms with E-state index in [9.17, 15) is 9.59 Å². The van der Waals surface area contributed by atoms with E-state index >= 15 is 0 Å². The highest BCUT2D eigenvalue weighted by Gasteiger charge is 2.11. The summed E-state index contributed by atoms with van der Waals surface area (Å²) < 4.78 is 4.78. The summed E-state index contributed by atoms with van der Waals surface area (Å²) in [5.74, 6) is -0.456. The summed E-state index contributed by atoms with van der Waals surface area (Å²) >= 11 is 0. The number of methoxy groups -OCH3 is 1. The van der Waals surface area contributed by atoms with Crippen LogP contribution in [0.1, 0.15) is 20.3 Å². The van der Waals surface area contributed by atoms with E-state index in [2.05, 4.69) is 10.6 Å². The molecule has 0 aliphatic heterocycles. The van der Waals surface area contributed by atoms with E-state index in [1.165, 1.54) is 7.11 Å². The molecule has 0 aromatic carbocycles. The van der Waals surface area contributed by atoms with Gasteiger partial charge in [0.25, 0.3) is 0 Å². The van der Waals surface area contributed by atoms with Crippen LogP contribution in [0.2, 0.25) is 0 Å². The average molecular weight is 202 g/mol. The minimum absolute atomic E-state index is 0.00648. The first-order chi connectivity index (χ1) is 6.61. The molecule has 5 nitrogen and oxygen atoms in total. The predicted octanol–water partition coefficient (Wildman–Crippen LogP) is -0.336. The van der Waals surface area contributed by atoms with Crippen LogP contribution in [0.25, 0.3) is 0 Å². The molecule has 0 bridgehead atoms. The molecule has 1 unspecified atom stereocenters. The van der Waals surface area contributed by atoms with Crippen LogP contribution in [0.3, 0.4) is 0 Å². The lowest BCUT2D eigenvalue weighted by Gasteiger charge is -2.10. The number of carbonyl (C=O) groups excluding carboxylic acids is 2. The molecule has 0 saturated carbocycles. The molecular weight excluding hydrogens is 184 g/mol. The van der Waals surface area contributed by atoms with Crippen molar-refractivity contribution in [3.05, 3.63) is 0 Å². The fourth-order valence-corrected chi connectivity index (χ4v) is 0.745. The monoisotopic (exact) mass is 202 g/mol. The molecule has 2 amide bonds. The van der Waals surface area contributed by atoms with Gasteiger partial charge in [0.05, 0.1) is 6.54 Å². The lowest BCUT2D eigenvalue weighted by Crippen LogP contribution is -2.41. The molecule has 0 fully saturated rings. The Hall–Kier alpha value is -1.10. The van der Waals surface area contributed by atoms with Crippen molar-refractivity contribution in [1.29, 1.82) is 0 Å². The van der Waals surface area contributed by atoms with E-state index in [4.69, 9.17) is 4.74 Å². The van der Waals surface area contributed by atoms with Crippen LogP contribution in [0.4, 0.5) is 0 Å². The van der Waals surface area contributed by atoms with Gasteiger partial charge in [-0.25, -0.2) is 0 Å². The van der Waals surface area contributed by atoms with Crippen molar-refractivity contribution < 1.29 is 14.3 Å². The first-order valence-corrected chi connectivity index (χ1v) is 4.69. The predicted molar refractivity (Wildman–Crippen MR) is 52.8 cm³/mol. The fourth-order valence-electron chi connectivity index (χ4n) is 0.745. The molecule has 5 heteroatoms. The smallest absolute Gasteiger partial charge is 0.249 e. The van der Waals surface area contributed by atoms with Crippen molar-refractivity contribution in [2.45, 2.75) is 26.4 Å². The minimum atomic E-state index is -0.519. The van der Waals surface area contributed by atoms with Gasteiger partial charge in [-0.05, 0) is 13.3 Å². The van der Waals surface area contributed by atoms with Gasteiger partial charge >= 0.3 is 0 Å². The number of ether oxygens (including phenoxy) is 1. The molecule has 0 aromatic heterocycles. The maximum absolute atomic E-state index is 11.1. The Bertz CT molecular complexity index is 194. The SMILES string of the molecule is CCCNC(=O)CNC(=O)C(C)OC. The molecule has 0 heterocycles. The third-order valence-corrected chi connectivity index (χ3v) is 1.72. The summed E-state index contributed by atoms with van der Waals surface area (Å²) in [5, 5.41) is 5.12. The minimum Gasteiger partial charge on any atom is -0.372 e. The summed E-state index contributed by atoms with van der Waals surface area (Å²) in [7, 11) is 1.45. The van der Waals surface area contributed by atoms with Crippen LogP contribution in [0.5, 0.6) is 0 Å². The Balaban J connectivity index is 3.61. The average Bonchev–Trinajstić information content (AvgIpc) is 2.21. The standard InChI is InChI=1S/C9H18N2O3/c1-4-5-10-8(12)6-11-9(13)7(2)14-3/h7H,4-6H2,1-3H3,(H,10,12)(H,11,13). The second-order valence-electron chi connectivity index (χ2n) is 2.95. The van der Waals surface area contributed by atoms with Crippen molar-refractivity contribution in [2.75, 3.05) is 20.2 Å². The highest BCUT2D eigenvalue weighted by atomic mass is 16.5. The van der Waals surface area contributed by atoms with E-state index in [0.29, 0.717) is 6.54 Å². The first-order valence-electron chi connectivity index (χ1n) is 4.69. The zero-order chi connectivity index (χ0) is 11.0. The number of hydrogen-bond acceptors (Lipinski definition) is 3. The molecule has 0 spiro atoms. The first kappa shape index (κ1) is 12.9. The Morgan fingerprint density at radius 1 is 1.36 bits per heavy atom. The molecule has 14 heavy (non-hydrogen) atoms. The zero-order valence-corrected chi connectivity index (χ0v) is 8.92. The van der Waals surface area contributed by atoms with Gasteiger partial charge in [-0.1, -0.05) is 6.92 Å². The van der Waals surface area contributed by atoms with Crippen molar-refractivity contribution in [3.63, 3.8) is 0 Å². The summed E-state index contributed by atoms with van der Waals surface area (Å²) in [6.45, 7) is 4.23. The van der Waals surface area contributed by atoms with Gasteiger partial charge in [0.1, 0.15) is 6.10 Å². The molecule has 82 valence electrons. The van der Waals surface area contributed by atoms with Crippen LogP contribution in [0, 0.1) is 0 Å². The van der Waals surface area contributed by atoms with Gasteiger partial charge in [0.2, 0.25) is 11.8 Å². The van der Waals surface area contributed by atoms with E-state index in [1.54, 1.807) is 6.92 Å². The summed E-state index contributed by atoms with van der Waals surface area (Å²) in [6, 6.07) is 0. The van der Waals surface area contributed by atoms with Crippen molar-refractivity contribution >= 4 is 11.8 Å². The molecule has 0 aromatic rings. The maximum Gasteiger partial charge on any atom is 0.249 e. The largest absolute Gasteiger partial charge is 0.372 e. The summed E-state index contributed by atoms with van der Waals surface area (Å²) in [4.78, 5) is 22.2. The number of carbonyl (C=O) groups is 2. The summed E-state index contributed by atoms with van der Waals surface area (Å²) in [6.07, 6.45) is 0.364. The molecule has 2 N–H and O–H groups in total. The van der Waals surface area contributed by atoms with Crippen LogP contribution in [-0.4, -0.2) is 38.1 Å². The Morgan fingerprint density at radius 2 is 2.00 bits per heavy atom. The molecular formula is C9H18N2O3. The number of amides is 2. The van der Waals surface area contributed by atoms with Gasteiger partial charge in [0, 0.05) is 13.7 Å². The van der Waals surface area contributed by atoms with Gasteiger partial charge in [0.15, 0.2) is 0 Å². The number of hydrogen-bond donors (Lipinski definition) is 2. The molecule has 1 atom stereocenters. The van der Waals surface area contributed by atoms with Crippen molar-refractivity contribution in [2.24, 2.45) is 0 Å². The molecule has 0 aliphatic rings. The third-order valence-electron chi connectivity index (χ3n) is 1.72. The van der Waals surface area contributed by atoms with Crippen LogP contribution >= 0.6 is 0 Å². The van der Waals surface area contributed by atoms with E-state index in [-0.39, 0.29) is 18.4 Å². The van der Waals surface area contributed by atoms with Gasteiger partial charge in [-0.3, -0.25) is 9.59 Å². The van der Waals surface area contributed by atoms with Crippen LogP contribution < -0.4 is 10.6 Å². The van der Waals surface area contributed by atoms with Crippen LogP contribution in [-0.2, 0) is 14.3 Å². The van der Waals surface area contributed by atoms with Crippen molar-refractivity contribution in [1.82, 2.24) is 10.6 Å². The van der Waals surface area contributed by atoms with Gasteiger partial charge in [-0.15, -0.1) is 0 Å². The quantitative estimate of drug-likeness (QED) is 0.619. The summed E-state index contributed by atoms with van der Waals surface area (Å²) in [5.41, 5.74) is 0. The number of rotatable bonds is 6. The van der Waals surface area contributed by atoms with Crippen LogP contribution in [0.15, 0.2) is 0 Å². The van der Waals surface area contributed by atoms with E-state index in [1.807, 2.05) is 6.92 Å².